The number of aromatic nitrogens is 1. The molecule has 96 valence electrons. The van der Waals surface area contributed by atoms with Gasteiger partial charge in [0.1, 0.15) is 0 Å². The first-order valence-electron chi connectivity index (χ1n) is 6.98. The average Bonchev–Trinajstić information content (AvgIpc) is 2.75. The lowest BCUT2D eigenvalue weighted by Gasteiger charge is -2.28. The third-order valence-electron chi connectivity index (χ3n) is 4.38. The molecule has 18 heavy (non-hydrogen) atoms. The van der Waals surface area contributed by atoms with Crippen LogP contribution in [-0.2, 0) is 19.3 Å². The lowest BCUT2D eigenvalue weighted by Crippen LogP contribution is -2.33. The van der Waals surface area contributed by atoms with Crippen LogP contribution >= 0.6 is 0 Å². The molecule has 1 unspecified atom stereocenters. The normalized spacial score (nSPS) is 19.4. The van der Waals surface area contributed by atoms with Crippen LogP contribution < -0.4 is 0 Å². The molecule has 2 heteroatoms. The number of rotatable bonds is 2. The van der Waals surface area contributed by atoms with Gasteiger partial charge in [-0.2, -0.15) is 0 Å². The standard InChI is InChI=1S/C16H22N2/c1-4-11-6-5-7-15-16(11)13-10-12(18(2)3)8-9-14(13)17-15/h5-7,12,17H,4,8-10H2,1-3H3. The Labute approximate surface area is 109 Å². The fourth-order valence-corrected chi connectivity index (χ4v) is 3.27. The van der Waals surface area contributed by atoms with Gasteiger partial charge >= 0.3 is 0 Å². The van der Waals surface area contributed by atoms with E-state index >= 15 is 0 Å². The van der Waals surface area contributed by atoms with Gasteiger partial charge in [0.25, 0.3) is 0 Å². The Bertz CT molecular complexity index is 566. The monoisotopic (exact) mass is 242 g/mol. The number of fused-ring (bicyclic) bond motifs is 3. The van der Waals surface area contributed by atoms with Crippen LogP contribution in [0.25, 0.3) is 10.9 Å². The third kappa shape index (κ3) is 1.76. The van der Waals surface area contributed by atoms with Gasteiger partial charge in [-0.15, -0.1) is 0 Å². The predicted octanol–water partition coefficient (Wildman–Crippen LogP) is 3.15. The summed E-state index contributed by atoms with van der Waals surface area (Å²) >= 11 is 0. The Morgan fingerprint density at radius 2 is 2.17 bits per heavy atom. The summed E-state index contributed by atoms with van der Waals surface area (Å²) in [6, 6.07) is 7.36. The van der Waals surface area contributed by atoms with E-state index in [2.05, 4.69) is 49.1 Å². The Balaban J connectivity index is 2.14. The van der Waals surface area contributed by atoms with Gasteiger partial charge in [0.2, 0.25) is 0 Å². The van der Waals surface area contributed by atoms with E-state index in [-0.39, 0.29) is 0 Å². The number of nitrogens with one attached hydrogen (secondary N) is 1. The number of benzene rings is 1. The van der Waals surface area contributed by atoms with E-state index in [1.165, 1.54) is 41.4 Å². The van der Waals surface area contributed by atoms with Gasteiger partial charge in [0.15, 0.2) is 0 Å². The first kappa shape index (κ1) is 11.8. The minimum Gasteiger partial charge on any atom is -0.358 e. The highest BCUT2D eigenvalue weighted by atomic mass is 15.1. The predicted molar refractivity (Wildman–Crippen MR) is 77.2 cm³/mol. The van der Waals surface area contributed by atoms with Crippen molar-refractivity contribution in [1.82, 2.24) is 9.88 Å². The summed E-state index contributed by atoms with van der Waals surface area (Å²) in [7, 11) is 4.40. The summed E-state index contributed by atoms with van der Waals surface area (Å²) in [5, 5.41) is 1.50. The zero-order valence-electron chi connectivity index (χ0n) is 11.6. The second kappa shape index (κ2) is 4.43. The summed E-state index contributed by atoms with van der Waals surface area (Å²) in [4.78, 5) is 6.00. The zero-order chi connectivity index (χ0) is 12.7. The number of H-pyrrole nitrogens is 1. The van der Waals surface area contributed by atoms with Crippen LogP contribution in [0.15, 0.2) is 18.2 Å². The van der Waals surface area contributed by atoms with Crippen LogP contribution in [0.5, 0.6) is 0 Å². The van der Waals surface area contributed by atoms with E-state index in [0.717, 1.165) is 6.42 Å². The van der Waals surface area contributed by atoms with Gasteiger partial charge in [-0.25, -0.2) is 0 Å². The molecule has 0 spiro atoms. The maximum Gasteiger partial charge on any atom is 0.0461 e. The van der Waals surface area contributed by atoms with Crippen LogP contribution in [0, 0.1) is 0 Å². The number of likely N-dealkylation sites (N-methyl/N-ethyl adjacent to an activating group) is 1. The fraction of sp³-hybridized carbons (Fsp3) is 0.500. The van der Waals surface area contributed by atoms with E-state index in [1.807, 2.05) is 0 Å². The minimum atomic E-state index is 0.696. The fourth-order valence-electron chi connectivity index (χ4n) is 3.27. The van der Waals surface area contributed by atoms with Crippen molar-refractivity contribution in [2.24, 2.45) is 0 Å². The molecular formula is C16H22N2. The lowest BCUT2D eigenvalue weighted by molar-refractivity contribution is 0.268. The van der Waals surface area contributed by atoms with Crippen molar-refractivity contribution < 1.29 is 0 Å². The van der Waals surface area contributed by atoms with Gasteiger partial charge in [0.05, 0.1) is 0 Å². The summed E-state index contributed by atoms with van der Waals surface area (Å²) in [5.74, 6) is 0. The highest BCUT2D eigenvalue weighted by molar-refractivity contribution is 5.88. The molecule has 1 heterocycles. The van der Waals surface area contributed by atoms with Crippen molar-refractivity contribution in [1.29, 1.82) is 0 Å². The number of hydrogen-bond acceptors (Lipinski definition) is 1. The Hall–Kier alpha value is -1.28. The smallest absolute Gasteiger partial charge is 0.0461 e. The molecule has 1 aliphatic carbocycles. The van der Waals surface area contributed by atoms with E-state index in [4.69, 9.17) is 0 Å². The molecule has 1 aromatic carbocycles. The van der Waals surface area contributed by atoms with Crippen molar-refractivity contribution in [2.45, 2.75) is 38.6 Å². The Morgan fingerprint density at radius 1 is 1.33 bits per heavy atom. The number of aromatic amines is 1. The van der Waals surface area contributed by atoms with Crippen LogP contribution in [0.1, 0.15) is 30.2 Å². The number of nitrogens with zero attached hydrogens (tertiary/aromatic N) is 1. The van der Waals surface area contributed by atoms with Crippen LogP contribution in [-0.4, -0.2) is 30.0 Å². The minimum absolute atomic E-state index is 0.696. The molecule has 0 aliphatic heterocycles. The highest BCUT2D eigenvalue weighted by Gasteiger charge is 2.24. The molecule has 0 bridgehead atoms. The summed E-state index contributed by atoms with van der Waals surface area (Å²) in [6.45, 7) is 2.25. The molecule has 1 N–H and O–H groups in total. The molecule has 0 radical (unpaired) electrons. The van der Waals surface area contributed by atoms with Gasteiger partial charge in [-0.1, -0.05) is 19.1 Å². The van der Waals surface area contributed by atoms with Crippen molar-refractivity contribution >= 4 is 10.9 Å². The molecule has 0 saturated carbocycles. The lowest BCUT2D eigenvalue weighted by atomic mass is 9.89. The van der Waals surface area contributed by atoms with E-state index in [9.17, 15) is 0 Å². The molecule has 2 aromatic rings. The average molecular weight is 242 g/mol. The van der Waals surface area contributed by atoms with Gasteiger partial charge in [0, 0.05) is 22.6 Å². The summed E-state index contributed by atoms with van der Waals surface area (Å²) in [5.41, 5.74) is 5.87. The maximum absolute atomic E-state index is 3.63. The molecule has 3 rings (SSSR count). The summed E-state index contributed by atoms with van der Waals surface area (Å²) < 4.78 is 0. The van der Waals surface area contributed by atoms with Crippen molar-refractivity contribution in [3.63, 3.8) is 0 Å². The number of hydrogen-bond donors (Lipinski definition) is 1. The molecule has 1 atom stereocenters. The van der Waals surface area contributed by atoms with Crippen LogP contribution in [0.2, 0.25) is 0 Å². The van der Waals surface area contributed by atoms with Crippen LogP contribution in [0.3, 0.4) is 0 Å². The van der Waals surface area contributed by atoms with Crippen LogP contribution in [0.4, 0.5) is 0 Å². The molecule has 1 aliphatic rings. The second-order valence-electron chi connectivity index (χ2n) is 5.64. The molecular weight excluding hydrogens is 220 g/mol. The van der Waals surface area contributed by atoms with E-state index in [1.54, 1.807) is 5.56 Å². The molecule has 1 aromatic heterocycles. The Morgan fingerprint density at radius 3 is 2.89 bits per heavy atom. The topological polar surface area (TPSA) is 19.0 Å². The third-order valence-corrected chi connectivity index (χ3v) is 4.38. The quantitative estimate of drug-likeness (QED) is 0.857. The summed E-state index contributed by atoms with van der Waals surface area (Å²) in [6.07, 6.45) is 4.78. The first-order valence-corrected chi connectivity index (χ1v) is 6.98. The SMILES string of the molecule is CCc1cccc2[nH]c3c(c12)CC(N(C)C)CC3. The van der Waals surface area contributed by atoms with Crippen molar-refractivity contribution in [2.75, 3.05) is 14.1 Å². The first-order chi connectivity index (χ1) is 8.70. The number of aryl methyl sites for hydroxylation is 2. The van der Waals surface area contributed by atoms with Crippen molar-refractivity contribution in [3.8, 4) is 0 Å². The Kier molecular flexibility index (Phi) is 2.90. The zero-order valence-corrected chi connectivity index (χ0v) is 11.6. The van der Waals surface area contributed by atoms with Gasteiger partial charge < -0.3 is 9.88 Å². The largest absolute Gasteiger partial charge is 0.358 e. The van der Waals surface area contributed by atoms with Crippen molar-refractivity contribution in [3.05, 3.63) is 35.0 Å². The molecule has 0 fully saturated rings. The van der Waals surface area contributed by atoms with E-state index in [0.29, 0.717) is 6.04 Å². The molecule has 0 amide bonds. The molecule has 0 saturated heterocycles. The molecule has 2 nitrogen and oxygen atoms in total. The van der Waals surface area contributed by atoms with Gasteiger partial charge in [-0.3, -0.25) is 0 Å². The second-order valence-corrected chi connectivity index (χ2v) is 5.64. The van der Waals surface area contributed by atoms with Gasteiger partial charge in [-0.05, 0) is 57.0 Å². The highest BCUT2D eigenvalue weighted by Crippen LogP contribution is 2.32. The maximum atomic E-state index is 3.63. The van der Waals surface area contributed by atoms with E-state index < -0.39 is 0 Å².